The van der Waals surface area contributed by atoms with Gasteiger partial charge in [-0.3, -0.25) is 14.9 Å². The van der Waals surface area contributed by atoms with Gasteiger partial charge in [-0.2, -0.15) is 15.4 Å². The van der Waals surface area contributed by atoms with Gasteiger partial charge in [0, 0.05) is 24.7 Å². The van der Waals surface area contributed by atoms with Crippen LogP contribution in [0.5, 0.6) is 5.75 Å². The number of ether oxygens (including phenoxy) is 1. The number of nitro benzene ring substituents is 1. The largest absolute Gasteiger partial charge is 0.496 e. The number of piperidine rings is 1. The molecule has 1 fully saturated rings. The average molecular weight is 422 g/mol. The SMILES string of the molecule is COc1ccccc1C1CCN(c2ccc(-c3n[nH]nc3C(N)=O)cc2[N+](=O)[O-])CC1. The molecule has 0 saturated carbocycles. The number of primary amides is 1. The molecule has 1 aliphatic rings. The molecule has 1 aromatic heterocycles. The fourth-order valence-electron chi connectivity index (χ4n) is 4.12. The standard InChI is InChI=1S/C21H22N6O4/c1-31-18-5-3-2-4-15(18)13-8-10-26(11-9-13)16-7-6-14(12-17(16)27(29)30)19-20(21(22)28)24-25-23-19/h2-7,12-13H,8-11H2,1H3,(H2,22,28)(H,23,24,25). The molecular weight excluding hydrogens is 400 g/mol. The van der Waals surface area contributed by atoms with Crippen molar-refractivity contribution >= 4 is 17.3 Å². The highest BCUT2D eigenvalue weighted by molar-refractivity contribution is 5.97. The molecule has 3 N–H and O–H groups in total. The summed E-state index contributed by atoms with van der Waals surface area (Å²) in [5, 5.41) is 21.8. The molecule has 1 amide bonds. The Morgan fingerprint density at radius 2 is 1.97 bits per heavy atom. The Labute approximate surface area is 178 Å². The van der Waals surface area contributed by atoms with E-state index in [1.54, 1.807) is 19.2 Å². The molecule has 10 heteroatoms. The molecule has 1 aliphatic heterocycles. The Morgan fingerprint density at radius 1 is 1.23 bits per heavy atom. The Hall–Kier alpha value is -3.95. The number of anilines is 1. The fraction of sp³-hybridized carbons (Fsp3) is 0.286. The average Bonchev–Trinajstić information content (AvgIpc) is 3.29. The van der Waals surface area contributed by atoms with E-state index in [0.717, 1.165) is 18.6 Å². The lowest BCUT2D eigenvalue weighted by molar-refractivity contribution is -0.384. The van der Waals surface area contributed by atoms with Crippen LogP contribution in [0.4, 0.5) is 11.4 Å². The van der Waals surface area contributed by atoms with E-state index in [0.29, 0.717) is 30.3 Å². The number of aromatic amines is 1. The first-order valence-corrected chi connectivity index (χ1v) is 9.86. The Morgan fingerprint density at radius 3 is 2.65 bits per heavy atom. The van der Waals surface area contributed by atoms with Crippen molar-refractivity contribution in [2.45, 2.75) is 18.8 Å². The second-order valence-electron chi connectivity index (χ2n) is 7.35. The van der Waals surface area contributed by atoms with Crippen molar-refractivity contribution in [1.82, 2.24) is 15.4 Å². The van der Waals surface area contributed by atoms with Crippen molar-refractivity contribution in [2.24, 2.45) is 5.73 Å². The van der Waals surface area contributed by atoms with Gasteiger partial charge in [-0.1, -0.05) is 24.3 Å². The number of hydrogen-bond donors (Lipinski definition) is 2. The Kier molecular flexibility index (Phi) is 5.52. The van der Waals surface area contributed by atoms with Gasteiger partial charge in [-0.15, -0.1) is 0 Å². The van der Waals surface area contributed by atoms with Crippen LogP contribution in [0.15, 0.2) is 42.5 Å². The number of amides is 1. The van der Waals surface area contributed by atoms with Crippen molar-refractivity contribution in [3.63, 3.8) is 0 Å². The number of nitrogens with two attached hydrogens (primary N) is 1. The number of nitro groups is 1. The quantitative estimate of drug-likeness (QED) is 0.460. The Bertz CT molecular complexity index is 1120. The minimum Gasteiger partial charge on any atom is -0.496 e. The van der Waals surface area contributed by atoms with Gasteiger partial charge in [0.2, 0.25) is 0 Å². The maximum atomic E-state index is 11.8. The number of aromatic nitrogens is 3. The molecule has 2 aromatic carbocycles. The number of hydrogen-bond acceptors (Lipinski definition) is 7. The van der Waals surface area contributed by atoms with E-state index in [9.17, 15) is 14.9 Å². The molecule has 0 radical (unpaired) electrons. The maximum Gasteiger partial charge on any atom is 0.293 e. The Balaban J connectivity index is 1.58. The van der Waals surface area contributed by atoms with E-state index in [4.69, 9.17) is 10.5 Å². The van der Waals surface area contributed by atoms with Crippen molar-refractivity contribution in [3.8, 4) is 17.0 Å². The van der Waals surface area contributed by atoms with Crippen LogP contribution in [-0.4, -0.2) is 46.4 Å². The third kappa shape index (κ3) is 3.91. The van der Waals surface area contributed by atoms with Crippen LogP contribution >= 0.6 is 0 Å². The predicted molar refractivity (Wildman–Crippen MR) is 114 cm³/mol. The fourth-order valence-corrected chi connectivity index (χ4v) is 4.12. The molecule has 0 spiro atoms. The number of methoxy groups -OCH3 is 1. The van der Waals surface area contributed by atoms with Gasteiger partial charge in [-0.05, 0) is 36.5 Å². The van der Waals surface area contributed by atoms with E-state index < -0.39 is 10.8 Å². The lowest BCUT2D eigenvalue weighted by Crippen LogP contribution is -2.33. The molecule has 4 rings (SSSR count). The van der Waals surface area contributed by atoms with E-state index in [2.05, 4.69) is 21.5 Å². The van der Waals surface area contributed by atoms with Gasteiger partial charge < -0.3 is 15.4 Å². The molecule has 0 unspecified atom stereocenters. The first-order chi connectivity index (χ1) is 15.0. The summed E-state index contributed by atoms with van der Waals surface area (Å²) in [6.07, 6.45) is 1.71. The van der Waals surface area contributed by atoms with Crippen molar-refractivity contribution < 1.29 is 14.5 Å². The van der Waals surface area contributed by atoms with Crippen LogP contribution in [0.25, 0.3) is 11.3 Å². The summed E-state index contributed by atoms with van der Waals surface area (Å²) in [7, 11) is 1.66. The summed E-state index contributed by atoms with van der Waals surface area (Å²) in [6.45, 7) is 1.36. The third-order valence-corrected chi connectivity index (χ3v) is 5.64. The van der Waals surface area contributed by atoms with Gasteiger partial charge >= 0.3 is 0 Å². The predicted octanol–water partition coefficient (Wildman–Crippen LogP) is 2.87. The second kappa shape index (κ2) is 8.42. The molecule has 10 nitrogen and oxygen atoms in total. The highest BCUT2D eigenvalue weighted by Crippen LogP contribution is 2.39. The van der Waals surface area contributed by atoms with Gasteiger partial charge in [0.05, 0.1) is 12.0 Å². The number of H-pyrrole nitrogens is 1. The van der Waals surface area contributed by atoms with E-state index >= 15 is 0 Å². The maximum absolute atomic E-state index is 11.8. The van der Waals surface area contributed by atoms with Gasteiger partial charge in [-0.25, -0.2) is 0 Å². The summed E-state index contributed by atoms with van der Waals surface area (Å²) < 4.78 is 5.49. The highest BCUT2D eigenvalue weighted by Gasteiger charge is 2.28. The number of carbonyl (C=O) groups is 1. The van der Waals surface area contributed by atoms with Crippen LogP contribution in [0.3, 0.4) is 0 Å². The number of para-hydroxylation sites is 1. The number of nitrogens with zero attached hydrogens (tertiary/aromatic N) is 4. The number of rotatable bonds is 6. The normalized spacial score (nSPS) is 14.4. The smallest absolute Gasteiger partial charge is 0.293 e. The minimum absolute atomic E-state index is 0.0494. The first-order valence-electron chi connectivity index (χ1n) is 9.86. The van der Waals surface area contributed by atoms with E-state index in [1.165, 1.54) is 11.6 Å². The molecule has 160 valence electrons. The number of nitrogens with one attached hydrogen (secondary N) is 1. The lowest BCUT2D eigenvalue weighted by Gasteiger charge is -2.34. The summed E-state index contributed by atoms with van der Waals surface area (Å²) in [4.78, 5) is 24.9. The summed E-state index contributed by atoms with van der Waals surface area (Å²) >= 11 is 0. The topological polar surface area (TPSA) is 140 Å². The number of carbonyl (C=O) groups excluding carboxylic acids is 1. The van der Waals surface area contributed by atoms with Crippen LogP contribution in [0.2, 0.25) is 0 Å². The molecule has 2 heterocycles. The zero-order chi connectivity index (χ0) is 22.0. The molecule has 0 atom stereocenters. The van der Waals surface area contributed by atoms with E-state index in [1.807, 2.05) is 23.1 Å². The molecule has 31 heavy (non-hydrogen) atoms. The van der Waals surface area contributed by atoms with Crippen molar-refractivity contribution in [3.05, 3.63) is 63.8 Å². The van der Waals surface area contributed by atoms with Crippen LogP contribution < -0.4 is 15.4 Å². The summed E-state index contributed by atoms with van der Waals surface area (Å²) in [5.74, 6) is 0.446. The zero-order valence-corrected chi connectivity index (χ0v) is 16.9. The van der Waals surface area contributed by atoms with Crippen LogP contribution in [-0.2, 0) is 0 Å². The highest BCUT2D eigenvalue weighted by atomic mass is 16.6. The molecular formula is C21H22N6O4. The molecule has 0 bridgehead atoms. The monoisotopic (exact) mass is 422 g/mol. The summed E-state index contributed by atoms with van der Waals surface area (Å²) in [5.41, 5.74) is 7.51. The lowest BCUT2D eigenvalue weighted by atomic mass is 9.88. The summed E-state index contributed by atoms with van der Waals surface area (Å²) in [6, 6.07) is 12.8. The third-order valence-electron chi connectivity index (χ3n) is 5.64. The van der Waals surface area contributed by atoms with Crippen LogP contribution in [0, 0.1) is 10.1 Å². The van der Waals surface area contributed by atoms with Crippen LogP contribution in [0.1, 0.15) is 34.8 Å². The van der Waals surface area contributed by atoms with E-state index in [-0.39, 0.29) is 17.1 Å². The molecule has 1 saturated heterocycles. The minimum atomic E-state index is -0.756. The second-order valence-corrected chi connectivity index (χ2v) is 7.35. The van der Waals surface area contributed by atoms with Gasteiger partial charge in [0.25, 0.3) is 11.6 Å². The zero-order valence-electron chi connectivity index (χ0n) is 16.9. The first kappa shape index (κ1) is 20.3. The van der Waals surface area contributed by atoms with Gasteiger partial charge in [0.1, 0.15) is 17.1 Å². The van der Waals surface area contributed by atoms with Crippen molar-refractivity contribution in [2.75, 3.05) is 25.1 Å². The van der Waals surface area contributed by atoms with Crippen molar-refractivity contribution in [1.29, 1.82) is 0 Å². The molecule has 3 aromatic rings. The molecule has 0 aliphatic carbocycles. The number of benzene rings is 2. The van der Waals surface area contributed by atoms with Gasteiger partial charge in [0.15, 0.2) is 5.69 Å².